The van der Waals surface area contributed by atoms with Gasteiger partial charge in [0.05, 0.1) is 13.7 Å². The van der Waals surface area contributed by atoms with Crippen molar-refractivity contribution < 1.29 is 14.6 Å². The van der Waals surface area contributed by atoms with Gasteiger partial charge in [-0.3, -0.25) is 0 Å². The van der Waals surface area contributed by atoms with Crippen molar-refractivity contribution in [2.24, 2.45) is 0 Å². The predicted octanol–water partition coefficient (Wildman–Crippen LogP) is 1.18. The van der Waals surface area contributed by atoms with Gasteiger partial charge in [0.2, 0.25) is 0 Å². The van der Waals surface area contributed by atoms with Crippen molar-refractivity contribution in [3.63, 3.8) is 0 Å². The van der Waals surface area contributed by atoms with Crippen LogP contribution in [0.25, 0.3) is 0 Å². The van der Waals surface area contributed by atoms with E-state index in [-0.39, 0.29) is 5.78 Å². The number of hydrogen-bond donors (Lipinski definition) is 0. The Morgan fingerprint density at radius 1 is 1.44 bits per heavy atom. The Morgan fingerprint density at radius 2 is 1.78 bits per heavy atom. The second-order valence-corrected chi connectivity index (χ2v) is 1.48. The van der Waals surface area contributed by atoms with Crippen LogP contribution in [0.4, 0.5) is 0 Å². The SMILES string of the molecule is CC(C)=O.CCOOC. The average Bonchev–Trinajstić information content (AvgIpc) is 1.66. The normalized spacial score (nSPS) is 7.56. The molecule has 0 N–H and O–H groups in total. The topological polar surface area (TPSA) is 35.5 Å². The molecule has 0 heterocycles. The molecule has 0 aliphatic rings. The van der Waals surface area contributed by atoms with Gasteiger partial charge in [0.15, 0.2) is 0 Å². The molecule has 0 saturated carbocycles. The van der Waals surface area contributed by atoms with Crippen molar-refractivity contribution in [2.75, 3.05) is 13.7 Å². The first-order valence-electron chi connectivity index (χ1n) is 2.77. The van der Waals surface area contributed by atoms with E-state index in [1.807, 2.05) is 6.92 Å². The molecule has 0 rings (SSSR count). The lowest BCUT2D eigenvalue weighted by atomic mass is 10.6. The van der Waals surface area contributed by atoms with Crippen LogP contribution in [0.3, 0.4) is 0 Å². The van der Waals surface area contributed by atoms with Gasteiger partial charge in [-0.2, -0.15) is 0 Å². The maximum absolute atomic E-state index is 9.44. The molecule has 0 amide bonds. The van der Waals surface area contributed by atoms with Gasteiger partial charge in [0, 0.05) is 0 Å². The lowest BCUT2D eigenvalue weighted by Gasteiger charge is -1.86. The fourth-order valence-corrected chi connectivity index (χ4v) is 0.118. The second kappa shape index (κ2) is 10.5. The Morgan fingerprint density at radius 3 is 1.78 bits per heavy atom. The lowest BCUT2D eigenvalue weighted by molar-refractivity contribution is -0.268. The maximum atomic E-state index is 9.44. The summed E-state index contributed by atoms with van der Waals surface area (Å²) < 4.78 is 0. The zero-order valence-corrected chi connectivity index (χ0v) is 6.43. The molecule has 0 fully saturated rings. The molecule has 9 heavy (non-hydrogen) atoms. The lowest BCUT2D eigenvalue weighted by Crippen LogP contribution is -1.83. The molecule has 0 spiro atoms. The highest BCUT2D eigenvalue weighted by atomic mass is 17.2. The highest BCUT2D eigenvalue weighted by Gasteiger charge is 1.63. The van der Waals surface area contributed by atoms with Crippen molar-refractivity contribution in [1.29, 1.82) is 0 Å². The van der Waals surface area contributed by atoms with E-state index in [1.165, 1.54) is 21.0 Å². The van der Waals surface area contributed by atoms with Crippen LogP contribution >= 0.6 is 0 Å². The minimum Gasteiger partial charge on any atom is -0.300 e. The van der Waals surface area contributed by atoms with Crippen LogP contribution in [-0.4, -0.2) is 19.5 Å². The van der Waals surface area contributed by atoms with Gasteiger partial charge in [-0.05, 0) is 20.8 Å². The van der Waals surface area contributed by atoms with E-state index in [0.29, 0.717) is 6.61 Å². The van der Waals surface area contributed by atoms with Crippen LogP contribution in [0.1, 0.15) is 20.8 Å². The fourth-order valence-electron chi connectivity index (χ4n) is 0.118. The molecule has 0 radical (unpaired) electrons. The van der Waals surface area contributed by atoms with Crippen LogP contribution in [0.15, 0.2) is 0 Å². The summed E-state index contributed by atoms with van der Waals surface area (Å²) in [5.74, 6) is 0.167. The number of hydrogen-bond acceptors (Lipinski definition) is 3. The van der Waals surface area contributed by atoms with Crippen LogP contribution in [0.5, 0.6) is 0 Å². The Labute approximate surface area is 55.9 Å². The second-order valence-electron chi connectivity index (χ2n) is 1.48. The Bertz CT molecular complexity index is 55.3. The molecule has 0 aromatic heterocycles. The molecule has 0 aromatic carbocycles. The summed E-state index contributed by atoms with van der Waals surface area (Å²) in [6, 6.07) is 0. The number of rotatable bonds is 2. The van der Waals surface area contributed by atoms with E-state index in [1.54, 1.807) is 0 Å². The monoisotopic (exact) mass is 134 g/mol. The van der Waals surface area contributed by atoms with Gasteiger partial charge in [-0.25, -0.2) is 9.78 Å². The van der Waals surface area contributed by atoms with Crippen LogP contribution in [-0.2, 0) is 14.6 Å². The van der Waals surface area contributed by atoms with Crippen molar-refractivity contribution in [1.82, 2.24) is 0 Å². The maximum Gasteiger partial charge on any atom is 0.126 e. The van der Waals surface area contributed by atoms with Crippen molar-refractivity contribution in [3.8, 4) is 0 Å². The fraction of sp³-hybridized carbons (Fsp3) is 0.833. The van der Waals surface area contributed by atoms with E-state index < -0.39 is 0 Å². The zero-order valence-electron chi connectivity index (χ0n) is 6.43. The third-order valence-electron chi connectivity index (χ3n) is 0.236. The molecule has 0 bridgehead atoms. The molecular formula is C6H14O3. The summed E-state index contributed by atoms with van der Waals surface area (Å²) >= 11 is 0. The largest absolute Gasteiger partial charge is 0.300 e. The van der Waals surface area contributed by atoms with Gasteiger partial charge < -0.3 is 4.79 Å². The third-order valence-corrected chi connectivity index (χ3v) is 0.236. The number of ketones is 1. The smallest absolute Gasteiger partial charge is 0.126 e. The van der Waals surface area contributed by atoms with Crippen molar-refractivity contribution >= 4 is 5.78 Å². The standard InChI is InChI=1S/C3H8O2.C3H6O/c1-3-5-4-2;1-3(2)4/h3H2,1-2H3;1-2H3. The average molecular weight is 134 g/mol. The molecule has 0 saturated heterocycles. The minimum absolute atomic E-state index is 0.167. The molecule has 0 atom stereocenters. The summed E-state index contributed by atoms with van der Waals surface area (Å²) in [6.45, 7) is 5.54. The molecule has 0 unspecified atom stereocenters. The van der Waals surface area contributed by atoms with Gasteiger partial charge in [-0.1, -0.05) is 0 Å². The predicted molar refractivity (Wildman–Crippen MR) is 35.0 cm³/mol. The molecule has 3 heteroatoms. The van der Waals surface area contributed by atoms with Crippen molar-refractivity contribution in [3.05, 3.63) is 0 Å². The van der Waals surface area contributed by atoms with Crippen LogP contribution in [0.2, 0.25) is 0 Å². The highest BCUT2D eigenvalue weighted by molar-refractivity contribution is 5.72. The summed E-state index contributed by atoms with van der Waals surface area (Å²) in [6.07, 6.45) is 0. The van der Waals surface area contributed by atoms with Gasteiger partial charge in [0.1, 0.15) is 5.78 Å². The first kappa shape index (κ1) is 11.4. The number of carbonyl (C=O) groups excluding carboxylic acids is 1. The molecule has 0 aromatic rings. The quantitative estimate of drug-likeness (QED) is 0.420. The zero-order chi connectivity index (χ0) is 7.70. The molecule has 56 valence electrons. The first-order chi connectivity index (χ1) is 4.15. The van der Waals surface area contributed by atoms with E-state index in [4.69, 9.17) is 0 Å². The van der Waals surface area contributed by atoms with Crippen molar-refractivity contribution in [2.45, 2.75) is 20.8 Å². The number of Topliss-reactive ketones (excluding diaryl/α,β-unsaturated/α-hetero) is 1. The molecular weight excluding hydrogens is 120 g/mol. The van der Waals surface area contributed by atoms with Gasteiger partial charge in [0.25, 0.3) is 0 Å². The first-order valence-corrected chi connectivity index (χ1v) is 2.77. The molecule has 0 aliphatic carbocycles. The van der Waals surface area contributed by atoms with Gasteiger partial charge in [-0.15, -0.1) is 0 Å². The summed E-state index contributed by atoms with van der Waals surface area (Å²) in [5.41, 5.74) is 0. The summed E-state index contributed by atoms with van der Waals surface area (Å²) in [7, 11) is 1.49. The van der Waals surface area contributed by atoms with Crippen LogP contribution in [0, 0.1) is 0 Å². The van der Waals surface area contributed by atoms with Gasteiger partial charge >= 0.3 is 0 Å². The van der Waals surface area contributed by atoms with E-state index in [0.717, 1.165) is 0 Å². The number of carbonyl (C=O) groups is 1. The summed E-state index contributed by atoms with van der Waals surface area (Å²) in [5, 5.41) is 0. The van der Waals surface area contributed by atoms with E-state index in [2.05, 4.69) is 9.78 Å². The summed E-state index contributed by atoms with van der Waals surface area (Å²) in [4.78, 5) is 18.0. The Kier molecular flexibility index (Phi) is 13.4. The van der Waals surface area contributed by atoms with E-state index >= 15 is 0 Å². The minimum atomic E-state index is 0.167. The molecule has 3 nitrogen and oxygen atoms in total. The highest BCUT2D eigenvalue weighted by Crippen LogP contribution is 1.64. The Balaban J connectivity index is 0. The van der Waals surface area contributed by atoms with E-state index in [9.17, 15) is 4.79 Å². The van der Waals surface area contributed by atoms with Crippen LogP contribution < -0.4 is 0 Å². The Hall–Kier alpha value is -0.410. The third kappa shape index (κ3) is 93.8. The molecule has 0 aliphatic heterocycles.